The van der Waals surface area contributed by atoms with Gasteiger partial charge < -0.3 is 14.0 Å². The van der Waals surface area contributed by atoms with E-state index in [4.69, 9.17) is 9.47 Å². The number of methoxy groups -OCH3 is 1. The molecule has 41 heavy (non-hydrogen) atoms. The zero-order chi connectivity index (χ0) is 29.5. The molecule has 0 aliphatic heterocycles. The van der Waals surface area contributed by atoms with Gasteiger partial charge in [-0.1, -0.05) is 24.3 Å². The molecule has 0 amide bonds. The second-order valence-corrected chi connectivity index (χ2v) is 9.66. The van der Waals surface area contributed by atoms with E-state index in [1.54, 1.807) is 13.1 Å². The molecule has 14 heteroatoms. The van der Waals surface area contributed by atoms with Crippen molar-refractivity contribution in [2.45, 2.75) is 57.6 Å². The lowest BCUT2D eigenvalue weighted by Gasteiger charge is -2.19. The fourth-order valence-electron chi connectivity index (χ4n) is 4.20. The molecule has 3 heterocycles. The van der Waals surface area contributed by atoms with Gasteiger partial charge in [0, 0.05) is 29.4 Å². The van der Waals surface area contributed by atoms with Crippen LogP contribution in [-0.2, 0) is 12.8 Å². The van der Waals surface area contributed by atoms with Gasteiger partial charge in [0.15, 0.2) is 11.5 Å². The number of benzene rings is 1. The standard InChI is InChI=1S/C27H24F6N6O2/c1-14-10-34-22(20-21(17-8-9-17)35-13-36-25(20)40-3)38-24(14)41-12-16-4-6-18(7-5-16)23-37-19(27(31,32)33)11-39(23)15(2)26(28,29)30/h4-7,10-11,13,15,17H,8-9,12H2,1-3H3/t15-/m0/s1. The second-order valence-electron chi connectivity index (χ2n) is 9.66. The Bertz CT molecular complexity index is 1550. The maximum Gasteiger partial charge on any atom is 0.434 e. The molecule has 1 aliphatic rings. The van der Waals surface area contributed by atoms with Gasteiger partial charge in [-0.3, -0.25) is 0 Å². The van der Waals surface area contributed by atoms with Gasteiger partial charge in [0.1, 0.15) is 30.4 Å². The quantitative estimate of drug-likeness (QED) is 0.215. The molecule has 1 fully saturated rings. The number of hydrogen-bond acceptors (Lipinski definition) is 7. The van der Waals surface area contributed by atoms with Crippen LogP contribution < -0.4 is 9.47 Å². The van der Waals surface area contributed by atoms with E-state index in [1.807, 2.05) is 0 Å². The second kappa shape index (κ2) is 10.6. The Morgan fingerprint density at radius 3 is 2.29 bits per heavy atom. The minimum atomic E-state index is -4.90. The molecular formula is C27H24F6N6O2. The van der Waals surface area contributed by atoms with Crippen LogP contribution in [0, 0.1) is 6.92 Å². The highest BCUT2D eigenvalue weighted by Crippen LogP contribution is 2.45. The van der Waals surface area contributed by atoms with Crippen LogP contribution in [0.3, 0.4) is 0 Å². The molecule has 0 spiro atoms. The summed E-state index contributed by atoms with van der Waals surface area (Å²) in [5.41, 5.74) is 1.33. The summed E-state index contributed by atoms with van der Waals surface area (Å²) in [5.74, 6) is 0.801. The van der Waals surface area contributed by atoms with Crippen LogP contribution in [0.4, 0.5) is 26.3 Å². The van der Waals surface area contributed by atoms with Crippen molar-refractivity contribution in [1.29, 1.82) is 0 Å². The average Bonchev–Trinajstić information content (AvgIpc) is 3.68. The molecule has 0 saturated heterocycles. The minimum Gasteiger partial charge on any atom is -0.480 e. The topological polar surface area (TPSA) is 87.8 Å². The molecule has 216 valence electrons. The third kappa shape index (κ3) is 5.95. The molecular weight excluding hydrogens is 554 g/mol. The lowest BCUT2D eigenvalue weighted by molar-refractivity contribution is -0.163. The Hall–Kier alpha value is -4.23. The summed E-state index contributed by atoms with van der Waals surface area (Å²) in [6.07, 6.45) is -4.27. The largest absolute Gasteiger partial charge is 0.480 e. The summed E-state index contributed by atoms with van der Waals surface area (Å²) in [6.45, 7) is 2.57. The number of alkyl halides is 6. The molecule has 3 aromatic heterocycles. The highest BCUT2D eigenvalue weighted by atomic mass is 19.4. The van der Waals surface area contributed by atoms with Gasteiger partial charge in [0.2, 0.25) is 11.8 Å². The minimum absolute atomic E-state index is 0.0245. The molecule has 1 aliphatic carbocycles. The van der Waals surface area contributed by atoms with E-state index in [9.17, 15) is 26.3 Å². The number of hydrogen-bond donors (Lipinski definition) is 0. The van der Waals surface area contributed by atoms with Gasteiger partial charge in [-0.25, -0.2) is 19.9 Å². The number of rotatable bonds is 8. The molecule has 8 nitrogen and oxygen atoms in total. The highest BCUT2D eigenvalue weighted by Gasteiger charge is 2.42. The average molecular weight is 579 g/mol. The Labute approximate surface area is 230 Å². The van der Waals surface area contributed by atoms with Crippen LogP contribution in [0.25, 0.3) is 22.8 Å². The third-order valence-electron chi connectivity index (χ3n) is 6.65. The Morgan fingerprint density at radius 2 is 1.68 bits per heavy atom. The summed E-state index contributed by atoms with van der Waals surface area (Å²) >= 11 is 0. The van der Waals surface area contributed by atoms with Crippen LogP contribution in [0.1, 0.15) is 54.2 Å². The first kappa shape index (κ1) is 28.3. The maximum atomic E-state index is 13.4. The molecule has 0 N–H and O–H groups in total. The number of halogens is 6. The molecule has 1 aromatic carbocycles. The summed E-state index contributed by atoms with van der Waals surface area (Å²) in [6, 6.07) is 3.65. The first-order chi connectivity index (χ1) is 19.4. The van der Waals surface area contributed by atoms with Crippen LogP contribution >= 0.6 is 0 Å². The SMILES string of the molecule is COc1ncnc(C2CC2)c1-c1ncc(C)c(OCc2ccc(-c3nc(C(F)(F)F)cn3[C@@H](C)C(F)(F)F)cc2)n1. The summed E-state index contributed by atoms with van der Waals surface area (Å²) in [5, 5.41) is 0. The van der Waals surface area contributed by atoms with Gasteiger partial charge in [-0.05, 0) is 32.3 Å². The Kier molecular flexibility index (Phi) is 7.34. The van der Waals surface area contributed by atoms with Gasteiger partial charge in [0.25, 0.3) is 0 Å². The van der Waals surface area contributed by atoms with Crippen molar-refractivity contribution >= 4 is 0 Å². The third-order valence-corrected chi connectivity index (χ3v) is 6.65. The number of ether oxygens (including phenoxy) is 2. The predicted octanol–water partition coefficient (Wildman–Crippen LogP) is 6.71. The van der Waals surface area contributed by atoms with Crippen molar-refractivity contribution in [3.63, 3.8) is 0 Å². The predicted molar refractivity (Wildman–Crippen MR) is 134 cm³/mol. The zero-order valence-corrected chi connectivity index (χ0v) is 22.1. The molecule has 0 unspecified atom stereocenters. The fraction of sp³-hybridized carbons (Fsp3) is 0.370. The van der Waals surface area contributed by atoms with Gasteiger partial charge >= 0.3 is 12.4 Å². The van der Waals surface area contributed by atoms with Crippen LogP contribution in [0.15, 0.2) is 43.0 Å². The van der Waals surface area contributed by atoms with Crippen LogP contribution in [0.2, 0.25) is 0 Å². The van der Waals surface area contributed by atoms with Gasteiger partial charge in [0.05, 0.1) is 12.8 Å². The van der Waals surface area contributed by atoms with E-state index in [0.717, 1.165) is 25.5 Å². The summed E-state index contributed by atoms with van der Waals surface area (Å²) in [7, 11) is 1.50. The van der Waals surface area contributed by atoms with Gasteiger partial charge in [-0.2, -0.15) is 31.3 Å². The van der Waals surface area contributed by atoms with Crippen molar-refractivity contribution in [2.24, 2.45) is 0 Å². The lowest BCUT2D eigenvalue weighted by atomic mass is 10.1. The van der Waals surface area contributed by atoms with E-state index in [1.165, 1.54) is 37.7 Å². The van der Waals surface area contributed by atoms with E-state index in [-0.39, 0.29) is 24.0 Å². The monoisotopic (exact) mass is 578 g/mol. The molecule has 4 aromatic rings. The van der Waals surface area contributed by atoms with E-state index >= 15 is 0 Å². The van der Waals surface area contributed by atoms with Crippen molar-refractivity contribution in [3.8, 4) is 34.5 Å². The van der Waals surface area contributed by atoms with Crippen LogP contribution in [-0.4, -0.2) is 42.8 Å². The van der Waals surface area contributed by atoms with Crippen molar-refractivity contribution in [2.75, 3.05) is 7.11 Å². The lowest BCUT2D eigenvalue weighted by Crippen LogP contribution is -2.24. The fourth-order valence-corrected chi connectivity index (χ4v) is 4.20. The van der Waals surface area contributed by atoms with Crippen molar-refractivity contribution in [1.82, 2.24) is 29.5 Å². The molecule has 1 atom stereocenters. The summed E-state index contributed by atoms with van der Waals surface area (Å²) in [4.78, 5) is 21.0. The number of aromatic nitrogens is 6. The summed E-state index contributed by atoms with van der Waals surface area (Å²) < 4.78 is 91.7. The zero-order valence-electron chi connectivity index (χ0n) is 22.1. The van der Waals surface area contributed by atoms with E-state index < -0.39 is 29.9 Å². The Morgan fingerprint density at radius 1 is 0.976 bits per heavy atom. The molecule has 5 rings (SSSR count). The van der Waals surface area contributed by atoms with Crippen molar-refractivity contribution < 1.29 is 35.8 Å². The first-order valence-electron chi connectivity index (χ1n) is 12.5. The Balaban J connectivity index is 1.39. The molecule has 1 saturated carbocycles. The smallest absolute Gasteiger partial charge is 0.434 e. The number of nitrogens with zero attached hydrogens (tertiary/aromatic N) is 6. The van der Waals surface area contributed by atoms with Crippen molar-refractivity contribution in [3.05, 3.63) is 65.5 Å². The number of imidazole rings is 1. The normalized spacial score (nSPS) is 14.7. The van der Waals surface area contributed by atoms with E-state index in [0.29, 0.717) is 39.2 Å². The maximum absolute atomic E-state index is 13.4. The first-order valence-corrected chi connectivity index (χ1v) is 12.5. The van der Waals surface area contributed by atoms with Crippen LogP contribution in [0.5, 0.6) is 11.8 Å². The molecule has 0 radical (unpaired) electrons. The van der Waals surface area contributed by atoms with Gasteiger partial charge in [-0.15, -0.1) is 0 Å². The highest BCUT2D eigenvalue weighted by molar-refractivity contribution is 5.66. The molecule has 0 bridgehead atoms. The van der Waals surface area contributed by atoms with E-state index in [2.05, 4.69) is 24.9 Å². The number of aryl methyl sites for hydroxylation is 1.